The van der Waals surface area contributed by atoms with Crippen molar-refractivity contribution in [3.05, 3.63) is 21.9 Å². The van der Waals surface area contributed by atoms with Crippen molar-refractivity contribution in [3.63, 3.8) is 0 Å². The van der Waals surface area contributed by atoms with Crippen molar-refractivity contribution < 1.29 is 0 Å². The van der Waals surface area contributed by atoms with Crippen LogP contribution in [-0.4, -0.2) is 6.54 Å². The van der Waals surface area contributed by atoms with Crippen LogP contribution in [0.1, 0.15) is 42.5 Å². The molecule has 0 amide bonds. The van der Waals surface area contributed by atoms with Crippen LogP contribution in [0.2, 0.25) is 0 Å². The van der Waals surface area contributed by atoms with Gasteiger partial charge in [0.15, 0.2) is 0 Å². The van der Waals surface area contributed by atoms with Crippen LogP contribution < -0.4 is 5.73 Å². The maximum absolute atomic E-state index is 5.90. The van der Waals surface area contributed by atoms with Crippen molar-refractivity contribution in [2.24, 2.45) is 17.6 Å². The summed E-state index contributed by atoms with van der Waals surface area (Å²) in [5.41, 5.74) is 7.47. The molecule has 1 heterocycles. The van der Waals surface area contributed by atoms with E-state index in [1.807, 2.05) is 11.3 Å². The summed E-state index contributed by atoms with van der Waals surface area (Å²) in [5.74, 6) is 2.32. The second-order valence-corrected chi connectivity index (χ2v) is 6.07. The van der Waals surface area contributed by atoms with Crippen LogP contribution in [-0.2, 0) is 0 Å². The van der Waals surface area contributed by atoms with E-state index in [0.29, 0.717) is 0 Å². The predicted octanol–water partition coefficient (Wildman–Crippen LogP) is 3.54. The summed E-state index contributed by atoms with van der Waals surface area (Å²) in [6.45, 7) is 5.47. The summed E-state index contributed by atoms with van der Waals surface area (Å²) < 4.78 is 0. The Labute approximate surface area is 96.7 Å². The number of thiophene rings is 1. The standard InChI is InChI=1S/C13H21NS/c1-9-3-4-11(8-14)13(7-9)12-5-6-15-10(12)2/h5-6,9,11,13H,3-4,7-8,14H2,1-2H3. The molecule has 2 heteroatoms. The van der Waals surface area contributed by atoms with Gasteiger partial charge < -0.3 is 5.73 Å². The van der Waals surface area contributed by atoms with Gasteiger partial charge in [0, 0.05) is 4.88 Å². The molecule has 1 fully saturated rings. The van der Waals surface area contributed by atoms with Crippen molar-refractivity contribution in [1.29, 1.82) is 0 Å². The minimum absolute atomic E-state index is 0.717. The third kappa shape index (κ3) is 2.26. The monoisotopic (exact) mass is 223 g/mol. The summed E-state index contributed by atoms with van der Waals surface area (Å²) >= 11 is 1.87. The fraction of sp³-hybridized carbons (Fsp3) is 0.692. The summed E-state index contributed by atoms with van der Waals surface area (Å²) in [7, 11) is 0. The first-order valence-corrected chi connectivity index (χ1v) is 6.84. The third-order valence-corrected chi connectivity index (χ3v) is 4.72. The highest BCUT2D eigenvalue weighted by molar-refractivity contribution is 7.10. The van der Waals surface area contributed by atoms with E-state index < -0.39 is 0 Å². The van der Waals surface area contributed by atoms with Gasteiger partial charge >= 0.3 is 0 Å². The predicted molar refractivity (Wildman–Crippen MR) is 67.4 cm³/mol. The van der Waals surface area contributed by atoms with Crippen LogP contribution in [0.4, 0.5) is 0 Å². The lowest BCUT2D eigenvalue weighted by Crippen LogP contribution is -2.28. The molecule has 0 aliphatic heterocycles. The van der Waals surface area contributed by atoms with Gasteiger partial charge in [0.05, 0.1) is 0 Å². The molecule has 1 aromatic heterocycles. The van der Waals surface area contributed by atoms with Gasteiger partial charge in [0.25, 0.3) is 0 Å². The van der Waals surface area contributed by atoms with Crippen molar-refractivity contribution in [2.45, 2.75) is 39.0 Å². The van der Waals surface area contributed by atoms with E-state index in [4.69, 9.17) is 5.73 Å². The quantitative estimate of drug-likeness (QED) is 0.815. The Hall–Kier alpha value is -0.340. The van der Waals surface area contributed by atoms with Gasteiger partial charge in [-0.05, 0) is 61.1 Å². The molecule has 1 aliphatic carbocycles. The number of aryl methyl sites for hydroxylation is 1. The van der Waals surface area contributed by atoms with Crippen LogP contribution >= 0.6 is 11.3 Å². The highest BCUT2D eigenvalue weighted by Crippen LogP contribution is 2.42. The van der Waals surface area contributed by atoms with Gasteiger partial charge in [-0.3, -0.25) is 0 Å². The molecule has 0 spiro atoms. The SMILES string of the molecule is Cc1sccc1C1CC(C)CCC1CN. The van der Waals surface area contributed by atoms with Gasteiger partial charge in [-0.2, -0.15) is 0 Å². The van der Waals surface area contributed by atoms with Gasteiger partial charge in [-0.15, -0.1) is 11.3 Å². The molecule has 1 aliphatic rings. The Morgan fingerprint density at radius 3 is 2.87 bits per heavy atom. The van der Waals surface area contributed by atoms with Gasteiger partial charge in [-0.1, -0.05) is 13.3 Å². The summed E-state index contributed by atoms with van der Waals surface area (Å²) in [6.07, 6.45) is 4.01. The lowest BCUT2D eigenvalue weighted by Gasteiger charge is -2.34. The molecule has 3 unspecified atom stereocenters. The Balaban J connectivity index is 2.20. The highest BCUT2D eigenvalue weighted by atomic mass is 32.1. The molecule has 0 radical (unpaired) electrons. The zero-order chi connectivity index (χ0) is 10.8. The van der Waals surface area contributed by atoms with Gasteiger partial charge in [-0.25, -0.2) is 0 Å². The van der Waals surface area contributed by atoms with Gasteiger partial charge in [0.1, 0.15) is 0 Å². The van der Waals surface area contributed by atoms with E-state index in [0.717, 1.165) is 24.3 Å². The highest BCUT2D eigenvalue weighted by Gasteiger charge is 2.29. The van der Waals surface area contributed by atoms with Crippen LogP contribution in [0, 0.1) is 18.8 Å². The Kier molecular flexibility index (Phi) is 3.47. The summed E-state index contributed by atoms with van der Waals surface area (Å²) in [6, 6.07) is 2.31. The molecule has 3 atom stereocenters. The van der Waals surface area contributed by atoms with E-state index in [2.05, 4.69) is 25.3 Å². The molecule has 0 bridgehead atoms. The lowest BCUT2D eigenvalue weighted by molar-refractivity contribution is 0.253. The number of hydrogen-bond donors (Lipinski definition) is 1. The Morgan fingerprint density at radius 2 is 2.27 bits per heavy atom. The maximum atomic E-state index is 5.90. The zero-order valence-corrected chi connectivity index (χ0v) is 10.5. The molecule has 1 saturated carbocycles. The lowest BCUT2D eigenvalue weighted by atomic mass is 9.72. The van der Waals surface area contributed by atoms with Gasteiger partial charge in [0.2, 0.25) is 0 Å². The fourth-order valence-electron chi connectivity index (χ4n) is 2.89. The first-order valence-electron chi connectivity index (χ1n) is 5.96. The second kappa shape index (κ2) is 4.67. The first kappa shape index (κ1) is 11.2. The van der Waals surface area contributed by atoms with E-state index in [9.17, 15) is 0 Å². The molecular weight excluding hydrogens is 202 g/mol. The fourth-order valence-corrected chi connectivity index (χ4v) is 3.66. The van der Waals surface area contributed by atoms with Crippen molar-refractivity contribution in [2.75, 3.05) is 6.54 Å². The second-order valence-electron chi connectivity index (χ2n) is 4.95. The minimum Gasteiger partial charge on any atom is -0.330 e. The van der Waals surface area contributed by atoms with E-state index >= 15 is 0 Å². The molecule has 0 saturated heterocycles. The minimum atomic E-state index is 0.717. The molecule has 15 heavy (non-hydrogen) atoms. The van der Waals surface area contributed by atoms with Crippen LogP contribution in [0.5, 0.6) is 0 Å². The molecule has 1 nitrogen and oxygen atoms in total. The smallest absolute Gasteiger partial charge is 0.00491 e. The van der Waals surface area contributed by atoms with Crippen LogP contribution in [0.3, 0.4) is 0 Å². The van der Waals surface area contributed by atoms with Crippen molar-refractivity contribution in [1.82, 2.24) is 0 Å². The number of rotatable bonds is 2. The summed E-state index contributed by atoms with van der Waals surface area (Å²) in [5, 5.41) is 2.22. The number of hydrogen-bond acceptors (Lipinski definition) is 2. The Bertz CT molecular complexity index is 318. The average Bonchev–Trinajstić information content (AvgIpc) is 2.64. The van der Waals surface area contributed by atoms with Crippen molar-refractivity contribution >= 4 is 11.3 Å². The van der Waals surface area contributed by atoms with E-state index in [-0.39, 0.29) is 0 Å². The molecule has 84 valence electrons. The average molecular weight is 223 g/mol. The molecule has 2 N–H and O–H groups in total. The topological polar surface area (TPSA) is 26.0 Å². The first-order chi connectivity index (χ1) is 7.22. The molecule has 0 aromatic carbocycles. The Morgan fingerprint density at radius 1 is 1.47 bits per heavy atom. The number of nitrogens with two attached hydrogens (primary N) is 1. The third-order valence-electron chi connectivity index (χ3n) is 3.86. The van der Waals surface area contributed by atoms with E-state index in [1.54, 1.807) is 5.56 Å². The zero-order valence-electron chi connectivity index (χ0n) is 9.70. The largest absolute Gasteiger partial charge is 0.330 e. The molecule has 1 aromatic rings. The van der Waals surface area contributed by atoms with E-state index in [1.165, 1.54) is 24.1 Å². The summed E-state index contributed by atoms with van der Waals surface area (Å²) in [4.78, 5) is 1.49. The normalized spacial score (nSPS) is 31.8. The van der Waals surface area contributed by atoms with Crippen molar-refractivity contribution in [3.8, 4) is 0 Å². The molecular formula is C13H21NS. The van der Waals surface area contributed by atoms with Crippen LogP contribution in [0.25, 0.3) is 0 Å². The maximum Gasteiger partial charge on any atom is 0.00491 e. The molecule has 2 rings (SSSR count). The van der Waals surface area contributed by atoms with Crippen LogP contribution in [0.15, 0.2) is 11.4 Å².